The van der Waals surface area contributed by atoms with Crippen LogP contribution in [0.25, 0.3) is 0 Å². The maximum Gasteiger partial charge on any atom is 0.321 e. The third kappa shape index (κ3) is 3.04. The van der Waals surface area contributed by atoms with E-state index < -0.39 is 5.97 Å². The molecule has 19 heavy (non-hydrogen) atoms. The molecule has 2 N–H and O–H groups in total. The molecule has 0 aliphatic carbocycles. The Morgan fingerprint density at radius 3 is 2.79 bits per heavy atom. The van der Waals surface area contributed by atoms with Gasteiger partial charge < -0.3 is 15.3 Å². The van der Waals surface area contributed by atoms with E-state index in [1.54, 1.807) is 22.8 Å². The Hall–Kier alpha value is -2.05. The second kappa shape index (κ2) is 5.29. The normalized spacial score (nSPS) is 15.2. The Kier molecular flexibility index (Phi) is 3.73. The molecule has 0 unspecified atom stereocenters. The van der Waals surface area contributed by atoms with E-state index >= 15 is 0 Å². The minimum atomic E-state index is -0.814. The van der Waals surface area contributed by atoms with Crippen molar-refractivity contribution in [2.75, 3.05) is 18.4 Å². The summed E-state index contributed by atoms with van der Waals surface area (Å²) in [4.78, 5) is 24.1. The number of hydrogen-bond acceptors (Lipinski definition) is 3. The van der Waals surface area contributed by atoms with E-state index in [2.05, 4.69) is 10.4 Å². The smallest absolute Gasteiger partial charge is 0.321 e. The third-order valence-electron chi connectivity index (χ3n) is 3.19. The number of amides is 2. The maximum atomic E-state index is 11.9. The van der Waals surface area contributed by atoms with Crippen LogP contribution in [-0.2, 0) is 18.3 Å². The first-order chi connectivity index (χ1) is 8.99. The molecule has 0 radical (unpaired) electrons. The number of carboxylic acid groups (broad SMARTS) is 1. The van der Waals surface area contributed by atoms with E-state index in [4.69, 9.17) is 5.11 Å². The lowest BCUT2D eigenvalue weighted by atomic mass is 9.97. The summed E-state index contributed by atoms with van der Waals surface area (Å²) in [6.07, 6.45) is 2.64. The zero-order chi connectivity index (χ0) is 14.0. The van der Waals surface area contributed by atoms with Gasteiger partial charge in [-0.2, -0.15) is 5.10 Å². The van der Waals surface area contributed by atoms with Crippen molar-refractivity contribution in [1.82, 2.24) is 14.7 Å². The molecule has 2 rings (SSSR count). The van der Waals surface area contributed by atoms with Crippen molar-refractivity contribution in [1.29, 1.82) is 0 Å². The number of aliphatic carboxylic acids is 1. The summed E-state index contributed by atoms with van der Waals surface area (Å²) in [7, 11) is 1.81. The lowest BCUT2D eigenvalue weighted by molar-refractivity contribution is -0.139. The van der Waals surface area contributed by atoms with Gasteiger partial charge in [-0.25, -0.2) is 4.79 Å². The molecule has 0 spiro atoms. The highest BCUT2D eigenvalue weighted by atomic mass is 16.4. The molecule has 7 heteroatoms. The molecule has 0 bridgehead atoms. The number of carboxylic acids is 1. The van der Waals surface area contributed by atoms with Gasteiger partial charge in [0.15, 0.2) is 0 Å². The molecule has 1 saturated heterocycles. The first-order valence-corrected chi connectivity index (χ1v) is 6.29. The number of carbonyl (C=O) groups is 2. The van der Waals surface area contributed by atoms with Gasteiger partial charge in [-0.05, 0) is 6.42 Å². The van der Waals surface area contributed by atoms with Gasteiger partial charge in [0.25, 0.3) is 0 Å². The molecule has 1 aliphatic rings. The van der Waals surface area contributed by atoms with E-state index in [1.165, 1.54) is 0 Å². The van der Waals surface area contributed by atoms with Crippen molar-refractivity contribution in [3.05, 3.63) is 11.9 Å². The van der Waals surface area contributed by atoms with Gasteiger partial charge in [0.2, 0.25) is 0 Å². The SMILES string of the molecule is CCc1nn(C)cc1NC(=O)N1CC(CC(=O)O)C1. The van der Waals surface area contributed by atoms with Crippen LogP contribution in [0.15, 0.2) is 6.20 Å². The van der Waals surface area contributed by atoms with Crippen LogP contribution in [-0.4, -0.2) is 44.9 Å². The number of nitrogens with one attached hydrogen (secondary N) is 1. The summed E-state index contributed by atoms with van der Waals surface area (Å²) in [5.41, 5.74) is 1.56. The topological polar surface area (TPSA) is 87.5 Å². The molecule has 1 fully saturated rings. The Balaban J connectivity index is 1.87. The number of likely N-dealkylation sites (tertiary alicyclic amines) is 1. The average molecular weight is 266 g/mol. The second-order valence-electron chi connectivity index (χ2n) is 4.82. The second-order valence-corrected chi connectivity index (χ2v) is 4.82. The van der Waals surface area contributed by atoms with Gasteiger partial charge in [0, 0.05) is 32.3 Å². The predicted octanol–water partition coefficient (Wildman–Crippen LogP) is 0.921. The van der Waals surface area contributed by atoms with Crippen molar-refractivity contribution in [3.63, 3.8) is 0 Å². The summed E-state index contributed by atoms with van der Waals surface area (Å²) in [5.74, 6) is -0.742. The van der Waals surface area contributed by atoms with E-state index in [-0.39, 0.29) is 18.4 Å². The highest BCUT2D eigenvalue weighted by Gasteiger charge is 2.32. The lowest BCUT2D eigenvalue weighted by Crippen LogP contribution is -2.52. The molecule has 104 valence electrons. The Bertz CT molecular complexity index is 491. The number of hydrogen-bond donors (Lipinski definition) is 2. The van der Waals surface area contributed by atoms with E-state index in [1.807, 2.05) is 6.92 Å². The average Bonchev–Trinajstić information content (AvgIpc) is 2.62. The number of nitrogens with zero attached hydrogens (tertiary/aromatic N) is 3. The number of anilines is 1. The molecule has 0 saturated carbocycles. The van der Waals surface area contributed by atoms with E-state index in [0.717, 1.165) is 17.8 Å². The maximum absolute atomic E-state index is 11.9. The van der Waals surface area contributed by atoms with Crippen LogP contribution in [0.3, 0.4) is 0 Å². The molecule has 1 aliphatic heterocycles. The van der Waals surface area contributed by atoms with Crippen LogP contribution in [0, 0.1) is 5.92 Å². The van der Waals surface area contributed by atoms with Gasteiger partial charge in [0.05, 0.1) is 17.8 Å². The lowest BCUT2D eigenvalue weighted by Gasteiger charge is -2.38. The van der Waals surface area contributed by atoms with E-state index in [9.17, 15) is 9.59 Å². The first kappa shape index (κ1) is 13.4. The zero-order valence-corrected chi connectivity index (χ0v) is 11.1. The molecule has 0 atom stereocenters. The number of aryl methyl sites for hydroxylation is 2. The van der Waals surface area contributed by atoms with Crippen molar-refractivity contribution in [2.45, 2.75) is 19.8 Å². The fourth-order valence-electron chi connectivity index (χ4n) is 2.21. The summed E-state index contributed by atoms with van der Waals surface area (Å²) in [5, 5.41) is 15.7. The van der Waals surface area contributed by atoms with Gasteiger partial charge in [0.1, 0.15) is 0 Å². The Morgan fingerprint density at radius 1 is 1.53 bits per heavy atom. The monoisotopic (exact) mass is 266 g/mol. The first-order valence-electron chi connectivity index (χ1n) is 6.29. The van der Waals surface area contributed by atoms with Crippen LogP contribution in [0.5, 0.6) is 0 Å². The molecule has 0 aromatic carbocycles. The largest absolute Gasteiger partial charge is 0.481 e. The fourth-order valence-corrected chi connectivity index (χ4v) is 2.21. The number of rotatable bonds is 4. The zero-order valence-electron chi connectivity index (χ0n) is 11.1. The number of aromatic nitrogens is 2. The van der Waals surface area contributed by atoms with Crippen molar-refractivity contribution < 1.29 is 14.7 Å². The standard InChI is InChI=1S/C12H18N4O3/c1-3-9-10(7-15(2)14-9)13-12(19)16-5-8(6-16)4-11(17)18/h7-8H,3-6H2,1-2H3,(H,13,19)(H,17,18). The summed E-state index contributed by atoms with van der Waals surface area (Å²) in [6.45, 7) is 2.98. The molecule has 2 amide bonds. The summed E-state index contributed by atoms with van der Waals surface area (Å²) < 4.78 is 1.66. The number of urea groups is 1. The summed E-state index contributed by atoms with van der Waals surface area (Å²) in [6, 6.07) is -0.190. The molecule has 1 aromatic rings. The van der Waals surface area contributed by atoms with Crippen LogP contribution >= 0.6 is 0 Å². The van der Waals surface area contributed by atoms with Gasteiger partial charge >= 0.3 is 12.0 Å². The minimum Gasteiger partial charge on any atom is -0.481 e. The molecular formula is C12H18N4O3. The van der Waals surface area contributed by atoms with Crippen molar-refractivity contribution >= 4 is 17.7 Å². The summed E-state index contributed by atoms with van der Waals surface area (Å²) >= 11 is 0. The Labute approximate surface area is 111 Å². The number of carbonyl (C=O) groups excluding carboxylic acids is 1. The van der Waals surface area contributed by atoms with Gasteiger partial charge in [-0.15, -0.1) is 0 Å². The van der Waals surface area contributed by atoms with Crippen molar-refractivity contribution in [3.8, 4) is 0 Å². The highest BCUT2D eigenvalue weighted by molar-refractivity contribution is 5.90. The highest BCUT2D eigenvalue weighted by Crippen LogP contribution is 2.21. The van der Waals surface area contributed by atoms with Gasteiger partial charge in [-0.1, -0.05) is 6.92 Å². The van der Waals surface area contributed by atoms with E-state index in [0.29, 0.717) is 13.1 Å². The molecule has 7 nitrogen and oxygen atoms in total. The van der Waals surface area contributed by atoms with Crippen LogP contribution in [0.2, 0.25) is 0 Å². The molecular weight excluding hydrogens is 248 g/mol. The van der Waals surface area contributed by atoms with Crippen LogP contribution in [0.4, 0.5) is 10.5 Å². The van der Waals surface area contributed by atoms with Gasteiger partial charge in [-0.3, -0.25) is 9.48 Å². The van der Waals surface area contributed by atoms with Crippen LogP contribution < -0.4 is 5.32 Å². The quantitative estimate of drug-likeness (QED) is 0.848. The molecule has 1 aromatic heterocycles. The fraction of sp³-hybridized carbons (Fsp3) is 0.583. The molecule has 2 heterocycles. The minimum absolute atomic E-state index is 0.0720. The third-order valence-corrected chi connectivity index (χ3v) is 3.19. The Morgan fingerprint density at radius 2 is 2.21 bits per heavy atom. The van der Waals surface area contributed by atoms with Crippen LogP contribution in [0.1, 0.15) is 19.0 Å². The predicted molar refractivity (Wildman–Crippen MR) is 68.9 cm³/mol. The van der Waals surface area contributed by atoms with Crippen molar-refractivity contribution in [2.24, 2.45) is 13.0 Å².